The minimum atomic E-state index is -1.62. The Morgan fingerprint density at radius 2 is 2.13 bits per heavy atom. The van der Waals surface area contributed by atoms with Gasteiger partial charge in [0.15, 0.2) is 34.5 Å². The number of carboxylic acids is 1. The van der Waals surface area contributed by atoms with Gasteiger partial charge in [-0.3, -0.25) is 4.79 Å². The van der Waals surface area contributed by atoms with Crippen molar-refractivity contribution in [3.8, 4) is 11.5 Å². The summed E-state index contributed by atoms with van der Waals surface area (Å²) in [6, 6.07) is 3.32. The number of nitrogen functional groups attached to an aromatic ring is 1. The van der Waals surface area contributed by atoms with Gasteiger partial charge in [0.25, 0.3) is 0 Å². The second-order valence-corrected chi connectivity index (χ2v) is 4.91. The number of phenols is 2. The molecule has 0 aliphatic carbocycles. The summed E-state index contributed by atoms with van der Waals surface area (Å²) < 4.78 is 3.75. The summed E-state index contributed by atoms with van der Waals surface area (Å²) in [6.07, 6.45) is -1.33. The zero-order valence-electron chi connectivity index (χ0n) is 11.3. The number of aromatic nitrogens is 2. The van der Waals surface area contributed by atoms with Gasteiger partial charge in [-0.05, 0) is 12.1 Å². The molecule has 23 heavy (non-hydrogen) atoms. The number of aldehydes is 1. The average molecular weight is 338 g/mol. The van der Waals surface area contributed by atoms with Crippen molar-refractivity contribution in [3.05, 3.63) is 29.6 Å². The molecule has 5 N–H and O–H groups in total. The monoisotopic (exact) mass is 338 g/mol. The van der Waals surface area contributed by atoms with E-state index < -0.39 is 23.6 Å². The topological polar surface area (TPSA) is 168 Å². The first-order valence-corrected chi connectivity index (χ1v) is 6.73. The number of nitrogens with two attached hydrogens (primary N) is 1. The number of phenolic OH excluding ortho intramolecular Hbond substituents is 2. The molecule has 0 radical (unpaired) electrons. The molecule has 1 unspecified atom stereocenters. The van der Waals surface area contributed by atoms with Crippen molar-refractivity contribution in [1.29, 1.82) is 0 Å². The number of carboxylic acid groups (broad SMARTS) is 1. The minimum Gasteiger partial charge on any atom is -0.504 e. The summed E-state index contributed by atoms with van der Waals surface area (Å²) in [7, 11) is 0. The third-order valence-corrected chi connectivity index (χ3v) is 3.11. The van der Waals surface area contributed by atoms with E-state index >= 15 is 0 Å². The Labute approximate surface area is 132 Å². The zero-order chi connectivity index (χ0) is 17.0. The molecule has 120 valence electrons. The van der Waals surface area contributed by atoms with Crippen molar-refractivity contribution >= 4 is 34.6 Å². The first-order valence-electron chi connectivity index (χ1n) is 5.95. The lowest BCUT2D eigenvalue weighted by Gasteiger charge is -2.11. The molecular weight excluding hydrogens is 328 g/mol. The fraction of sp³-hybridized carbons (Fsp3) is 0.0833. The van der Waals surface area contributed by atoms with Crippen LogP contribution < -0.4 is 5.73 Å². The Morgan fingerprint density at radius 1 is 1.39 bits per heavy atom. The van der Waals surface area contributed by atoms with E-state index in [0.29, 0.717) is 0 Å². The van der Waals surface area contributed by atoms with Gasteiger partial charge in [0.1, 0.15) is 0 Å². The SMILES string of the molecule is Nc1nc(/C(C=O)=N\OC(C(=O)O)c2ccc(O)c(O)c2)ns1. The van der Waals surface area contributed by atoms with Crippen LogP contribution >= 0.6 is 11.5 Å². The second-order valence-electron chi connectivity index (χ2n) is 4.12. The summed E-state index contributed by atoms with van der Waals surface area (Å²) in [5.41, 5.74) is 5.05. The van der Waals surface area contributed by atoms with E-state index in [1.807, 2.05) is 0 Å². The standard InChI is InChI=1S/C12H10N4O6S/c13-12-14-10(16-23-12)6(4-17)15-22-9(11(20)21)5-1-2-7(18)8(19)3-5/h1-4,9,18-19H,(H,20,21)(H2,13,14,16)/b15-6-. The highest BCUT2D eigenvalue weighted by atomic mass is 32.1. The first-order chi connectivity index (χ1) is 10.9. The normalized spacial score (nSPS) is 12.6. The maximum Gasteiger partial charge on any atom is 0.352 e. The van der Waals surface area contributed by atoms with Crippen molar-refractivity contribution < 1.29 is 29.7 Å². The van der Waals surface area contributed by atoms with Crippen molar-refractivity contribution in [2.45, 2.75) is 6.10 Å². The van der Waals surface area contributed by atoms with Crippen LogP contribution in [-0.2, 0) is 14.4 Å². The molecule has 10 nitrogen and oxygen atoms in total. The smallest absolute Gasteiger partial charge is 0.352 e. The molecule has 1 aromatic carbocycles. The van der Waals surface area contributed by atoms with Gasteiger partial charge in [-0.2, -0.15) is 9.36 Å². The molecule has 0 aliphatic heterocycles. The van der Waals surface area contributed by atoms with Crippen molar-refractivity contribution in [1.82, 2.24) is 9.36 Å². The van der Waals surface area contributed by atoms with E-state index in [1.54, 1.807) is 0 Å². The quantitative estimate of drug-likeness (QED) is 0.250. The fourth-order valence-corrected chi connectivity index (χ4v) is 1.96. The van der Waals surface area contributed by atoms with Crippen LogP contribution in [0, 0.1) is 0 Å². The van der Waals surface area contributed by atoms with Gasteiger partial charge in [0.2, 0.25) is 6.10 Å². The number of hydrogen-bond donors (Lipinski definition) is 4. The molecule has 11 heteroatoms. The van der Waals surface area contributed by atoms with Crippen LogP contribution in [0.25, 0.3) is 0 Å². The van der Waals surface area contributed by atoms with Gasteiger partial charge in [0, 0.05) is 17.1 Å². The predicted molar refractivity (Wildman–Crippen MR) is 78.2 cm³/mol. The number of oxime groups is 1. The Bertz CT molecular complexity index is 775. The zero-order valence-corrected chi connectivity index (χ0v) is 12.1. The molecule has 2 rings (SSSR count). The van der Waals surface area contributed by atoms with E-state index in [0.717, 1.165) is 23.7 Å². The molecule has 2 aromatic rings. The highest BCUT2D eigenvalue weighted by Gasteiger charge is 2.24. The van der Waals surface area contributed by atoms with Crippen LogP contribution in [0.5, 0.6) is 11.5 Å². The van der Waals surface area contributed by atoms with Crippen LogP contribution in [0.3, 0.4) is 0 Å². The summed E-state index contributed by atoms with van der Waals surface area (Å²) in [4.78, 5) is 30.8. The third-order valence-electron chi connectivity index (χ3n) is 2.57. The average Bonchev–Trinajstić information content (AvgIpc) is 2.93. The Kier molecular flexibility index (Phi) is 4.71. The van der Waals surface area contributed by atoms with Gasteiger partial charge < -0.3 is 25.9 Å². The van der Waals surface area contributed by atoms with Crippen LogP contribution in [-0.4, -0.2) is 42.6 Å². The molecule has 1 atom stereocenters. The molecule has 0 amide bonds. The Morgan fingerprint density at radius 3 is 2.65 bits per heavy atom. The number of benzene rings is 1. The van der Waals surface area contributed by atoms with Crippen molar-refractivity contribution in [2.75, 3.05) is 5.73 Å². The van der Waals surface area contributed by atoms with Crippen LogP contribution in [0.4, 0.5) is 5.13 Å². The van der Waals surface area contributed by atoms with Gasteiger partial charge in [-0.15, -0.1) is 0 Å². The lowest BCUT2D eigenvalue weighted by molar-refractivity contribution is -0.151. The molecule has 0 spiro atoms. The third kappa shape index (κ3) is 3.71. The summed E-state index contributed by atoms with van der Waals surface area (Å²) in [5.74, 6) is -2.46. The number of aliphatic carboxylic acids is 1. The molecule has 0 fully saturated rings. The first kappa shape index (κ1) is 16.2. The summed E-state index contributed by atoms with van der Waals surface area (Å²) in [5, 5.41) is 31.3. The fourth-order valence-electron chi connectivity index (χ4n) is 1.52. The maximum atomic E-state index is 11.3. The van der Waals surface area contributed by atoms with Crippen molar-refractivity contribution in [2.24, 2.45) is 5.16 Å². The van der Waals surface area contributed by atoms with Gasteiger partial charge in [-0.1, -0.05) is 11.2 Å². The van der Waals surface area contributed by atoms with E-state index in [9.17, 15) is 24.9 Å². The highest BCUT2D eigenvalue weighted by molar-refractivity contribution is 7.09. The summed E-state index contributed by atoms with van der Waals surface area (Å²) in [6.45, 7) is 0. The van der Waals surface area contributed by atoms with Crippen LogP contribution in [0.1, 0.15) is 17.5 Å². The van der Waals surface area contributed by atoms with Crippen molar-refractivity contribution in [3.63, 3.8) is 0 Å². The number of carbonyl (C=O) groups excluding carboxylic acids is 1. The molecule has 0 saturated carbocycles. The van der Waals surface area contributed by atoms with Crippen LogP contribution in [0.15, 0.2) is 23.4 Å². The minimum absolute atomic E-state index is 0.00699. The largest absolute Gasteiger partial charge is 0.504 e. The second kappa shape index (κ2) is 6.70. The molecule has 0 aliphatic rings. The molecular formula is C12H10N4O6S. The van der Waals surface area contributed by atoms with Gasteiger partial charge in [0.05, 0.1) is 0 Å². The lowest BCUT2D eigenvalue weighted by atomic mass is 10.1. The van der Waals surface area contributed by atoms with E-state index in [1.165, 1.54) is 6.07 Å². The molecule has 1 aromatic heterocycles. The van der Waals surface area contributed by atoms with E-state index in [4.69, 9.17) is 10.6 Å². The van der Waals surface area contributed by atoms with Crippen LogP contribution in [0.2, 0.25) is 0 Å². The molecule has 1 heterocycles. The number of anilines is 1. The molecule has 0 saturated heterocycles. The number of hydrogen-bond acceptors (Lipinski definition) is 10. The van der Waals surface area contributed by atoms with E-state index in [-0.39, 0.29) is 28.5 Å². The predicted octanol–water partition coefficient (Wildman–Crippen LogP) is 0.277. The molecule has 0 bridgehead atoms. The number of nitrogens with zero attached hydrogens (tertiary/aromatic N) is 3. The number of rotatable bonds is 6. The Balaban J connectivity index is 2.28. The maximum absolute atomic E-state index is 11.3. The number of aromatic hydroxyl groups is 2. The van der Waals surface area contributed by atoms with E-state index in [2.05, 4.69) is 14.5 Å². The Hall–Kier alpha value is -3.21. The van der Waals surface area contributed by atoms with Gasteiger partial charge in [-0.25, -0.2) is 4.79 Å². The lowest BCUT2D eigenvalue weighted by Crippen LogP contribution is -2.15. The summed E-state index contributed by atoms with van der Waals surface area (Å²) >= 11 is 0.833. The van der Waals surface area contributed by atoms with Gasteiger partial charge >= 0.3 is 5.97 Å². The highest BCUT2D eigenvalue weighted by Crippen LogP contribution is 2.29. The number of carbonyl (C=O) groups is 2.